The molecule has 0 saturated carbocycles. The molecule has 1 aromatic rings. The third kappa shape index (κ3) is 8.81. The summed E-state index contributed by atoms with van der Waals surface area (Å²) in [4.78, 5) is 24.3. The molecule has 0 radical (unpaired) electrons. The van der Waals surface area contributed by atoms with Gasteiger partial charge in [0.15, 0.2) is 0 Å². The van der Waals surface area contributed by atoms with Gasteiger partial charge in [-0.25, -0.2) is 5.06 Å². The molecule has 0 atom stereocenters. The predicted molar refractivity (Wildman–Crippen MR) is 108 cm³/mol. The van der Waals surface area contributed by atoms with E-state index in [9.17, 15) is 4.79 Å². The number of nitrogens with zero attached hydrogens (tertiary/aromatic N) is 4. The molecular formula is C20H35N5O2. The van der Waals surface area contributed by atoms with Crippen LogP contribution in [0.2, 0.25) is 0 Å². The van der Waals surface area contributed by atoms with Gasteiger partial charge in [0.1, 0.15) is 6.61 Å². The van der Waals surface area contributed by atoms with E-state index in [1.54, 1.807) is 7.05 Å². The first-order valence-electron chi connectivity index (χ1n) is 9.78. The lowest BCUT2D eigenvalue weighted by Gasteiger charge is -2.32. The van der Waals surface area contributed by atoms with Crippen molar-refractivity contribution < 1.29 is 9.63 Å². The maximum atomic E-state index is 12.1. The quantitative estimate of drug-likeness (QED) is 0.747. The number of amides is 1. The van der Waals surface area contributed by atoms with Crippen LogP contribution in [0, 0.1) is 0 Å². The minimum absolute atomic E-state index is 0.00508. The highest BCUT2D eigenvalue weighted by Crippen LogP contribution is 2.04. The summed E-state index contributed by atoms with van der Waals surface area (Å²) in [6.45, 7) is 9.51. The van der Waals surface area contributed by atoms with Gasteiger partial charge in [-0.1, -0.05) is 30.3 Å². The molecule has 3 rings (SSSR count). The van der Waals surface area contributed by atoms with Gasteiger partial charge in [0.05, 0.1) is 6.54 Å². The molecule has 1 amide bonds. The minimum atomic E-state index is 0.00508. The second-order valence-electron chi connectivity index (χ2n) is 7.28. The van der Waals surface area contributed by atoms with Gasteiger partial charge >= 0.3 is 0 Å². The fourth-order valence-corrected chi connectivity index (χ4v) is 2.89. The highest BCUT2D eigenvalue weighted by atomic mass is 16.7. The number of benzene rings is 1. The summed E-state index contributed by atoms with van der Waals surface area (Å²) < 4.78 is 0. The Labute approximate surface area is 163 Å². The van der Waals surface area contributed by atoms with Gasteiger partial charge in [-0.05, 0) is 19.7 Å². The van der Waals surface area contributed by atoms with Crippen molar-refractivity contribution in [3.8, 4) is 0 Å². The second-order valence-corrected chi connectivity index (χ2v) is 7.28. The van der Waals surface area contributed by atoms with E-state index < -0.39 is 0 Å². The summed E-state index contributed by atoms with van der Waals surface area (Å²) in [5.41, 5.74) is 1.06. The van der Waals surface area contributed by atoms with Gasteiger partial charge in [0.25, 0.3) is 5.91 Å². The third-order valence-electron chi connectivity index (χ3n) is 4.91. The minimum Gasteiger partial charge on any atom is -0.314 e. The van der Waals surface area contributed by atoms with Gasteiger partial charge in [-0.2, -0.15) is 0 Å². The molecule has 2 fully saturated rings. The van der Waals surface area contributed by atoms with Crippen molar-refractivity contribution in [3.63, 3.8) is 0 Å². The average Bonchev–Trinajstić information content (AvgIpc) is 2.70. The Balaban J connectivity index is 0.000000313. The summed E-state index contributed by atoms with van der Waals surface area (Å²) >= 11 is 0. The zero-order valence-electron chi connectivity index (χ0n) is 17.1. The first-order valence-corrected chi connectivity index (χ1v) is 9.78. The van der Waals surface area contributed by atoms with Crippen molar-refractivity contribution in [2.24, 2.45) is 0 Å². The van der Waals surface area contributed by atoms with Gasteiger partial charge in [-0.3, -0.25) is 14.5 Å². The van der Waals surface area contributed by atoms with E-state index in [4.69, 9.17) is 4.84 Å². The monoisotopic (exact) mass is 377 g/mol. The Bertz CT molecular complexity index is 528. The Morgan fingerprint density at radius 1 is 1.00 bits per heavy atom. The Hall–Kier alpha value is -1.51. The first-order chi connectivity index (χ1) is 13.0. The van der Waals surface area contributed by atoms with E-state index in [0.29, 0.717) is 13.2 Å². The molecule has 2 saturated heterocycles. The van der Waals surface area contributed by atoms with Gasteiger partial charge in [0.2, 0.25) is 0 Å². The zero-order chi connectivity index (χ0) is 19.5. The van der Waals surface area contributed by atoms with Crippen LogP contribution in [0.1, 0.15) is 5.56 Å². The van der Waals surface area contributed by atoms with Crippen LogP contribution >= 0.6 is 0 Å². The number of likely N-dealkylation sites (N-methyl/N-ethyl adjacent to an activating group) is 3. The molecule has 0 unspecified atom stereocenters. The number of carbonyl (C=O) groups excluding carboxylic acids is 1. The fourth-order valence-electron chi connectivity index (χ4n) is 2.89. The van der Waals surface area contributed by atoms with E-state index in [2.05, 4.69) is 34.1 Å². The number of rotatable bonds is 5. The van der Waals surface area contributed by atoms with Crippen molar-refractivity contribution in [2.45, 2.75) is 6.61 Å². The van der Waals surface area contributed by atoms with E-state index in [1.165, 1.54) is 18.2 Å². The molecule has 0 aliphatic carbocycles. The van der Waals surface area contributed by atoms with Gasteiger partial charge in [0, 0.05) is 59.4 Å². The molecule has 2 aliphatic heterocycles. The average molecular weight is 378 g/mol. The number of piperazine rings is 2. The van der Waals surface area contributed by atoms with Crippen molar-refractivity contribution in [1.82, 2.24) is 25.1 Å². The van der Waals surface area contributed by atoms with Crippen LogP contribution in [-0.4, -0.2) is 106 Å². The van der Waals surface area contributed by atoms with Crippen molar-refractivity contribution in [1.29, 1.82) is 0 Å². The van der Waals surface area contributed by atoms with Crippen LogP contribution in [-0.2, 0) is 16.2 Å². The van der Waals surface area contributed by atoms with Crippen molar-refractivity contribution in [2.75, 3.05) is 80.0 Å². The molecule has 7 nitrogen and oxygen atoms in total. The van der Waals surface area contributed by atoms with Gasteiger partial charge < -0.3 is 15.1 Å². The lowest BCUT2D eigenvalue weighted by Crippen LogP contribution is -2.48. The Kier molecular flexibility index (Phi) is 9.72. The Morgan fingerprint density at radius 2 is 1.59 bits per heavy atom. The van der Waals surface area contributed by atoms with E-state index >= 15 is 0 Å². The van der Waals surface area contributed by atoms with Crippen molar-refractivity contribution >= 4 is 5.91 Å². The summed E-state index contributed by atoms with van der Waals surface area (Å²) in [7, 11) is 5.94. The molecule has 1 aromatic carbocycles. The molecule has 0 bridgehead atoms. The summed E-state index contributed by atoms with van der Waals surface area (Å²) in [5, 5.41) is 4.63. The maximum Gasteiger partial charge on any atom is 0.260 e. The van der Waals surface area contributed by atoms with E-state index in [0.717, 1.165) is 44.8 Å². The number of hydroxylamine groups is 2. The summed E-state index contributed by atoms with van der Waals surface area (Å²) in [6, 6.07) is 9.86. The lowest BCUT2D eigenvalue weighted by atomic mass is 10.2. The highest BCUT2D eigenvalue weighted by Gasteiger charge is 2.19. The number of carbonyl (C=O) groups is 1. The zero-order valence-corrected chi connectivity index (χ0v) is 17.1. The molecule has 0 spiro atoms. The predicted octanol–water partition coefficient (Wildman–Crippen LogP) is 0.345. The molecule has 27 heavy (non-hydrogen) atoms. The van der Waals surface area contributed by atoms with Crippen LogP contribution < -0.4 is 5.32 Å². The smallest absolute Gasteiger partial charge is 0.260 e. The third-order valence-corrected chi connectivity index (χ3v) is 4.91. The van der Waals surface area contributed by atoms with Crippen LogP contribution in [0.3, 0.4) is 0 Å². The highest BCUT2D eigenvalue weighted by molar-refractivity contribution is 5.76. The number of hydrogen-bond acceptors (Lipinski definition) is 6. The molecule has 2 aliphatic rings. The molecule has 2 heterocycles. The van der Waals surface area contributed by atoms with Crippen LogP contribution in [0.5, 0.6) is 0 Å². The molecule has 0 aromatic heterocycles. The van der Waals surface area contributed by atoms with Crippen LogP contribution in [0.15, 0.2) is 30.3 Å². The molecule has 152 valence electrons. The van der Waals surface area contributed by atoms with E-state index in [-0.39, 0.29) is 5.91 Å². The van der Waals surface area contributed by atoms with Crippen LogP contribution in [0.25, 0.3) is 0 Å². The second kappa shape index (κ2) is 12.0. The lowest BCUT2D eigenvalue weighted by molar-refractivity contribution is -0.184. The van der Waals surface area contributed by atoms with E-state index in [1.807, 2.05) is 30.3 Å². The first kappa shape index (κ1) is 21.8. The molecule has 1 N–H and O–H groups in total. The SMILES string of the molecule is CN1CCN(CC(=O)N(C)OCc2ccccc2)CC1.CN1CCNCC1. The molecule has 7 heteroatoms. The van der Waals surface area contributed by atoms with Crippen molar-refractivity contribution in [3.05, 3.63) is 35.9 Å². The van der Waals surface area contributed by atoms with Gasteiger partial charge in [-0.15, -0.1) is 0 Å². The molecular weight excluding hydrogens is 342 g/mol. The normalized spacial score (nSPS) is 19.2. The fraction of sp³-hybridized carbons (Fsp3) is 0.650. The Morgan fingerprint density at radius 3 is 2.15 bits per heavy atom. The number of nitrogens with one attached hydrogen (secondary N) is 1. The standard InChI is InChI=1S/C15H23N3O2.C5H12N2/c1-16-8-10-18(11-9-16)12-15(19)17(2)20-13-14-6-4-3-5-7-14;1-7-4-2-6-3-5-7/h3-7H,8-13H2,1-2H3;6H,2-5H2,1H3. The number of hydrogen-bond donors (Lipinski definition) is 1. The summed E-state index contributed by atoms with van der Waals surface area (Å²) in [6.07, 6.45) is 0. The largest absolute Gasteiger partial charge is 0.314 e. The van der Waals surface area contributed by atoms with Crippen LogP contribution in [0.4, 0.5) is 0 Å². The maximum absolute atomic E-state index is 12.1. The summed E-state index contributed by atoms with van der Waals surface area (Å²) in [5.74, 6) is 0.00508. The topological polar surface area (TPSA) is 51.3 Å².